The third kappa shape index (κ3) is 3.15. The molecule has 1 aromatic carbocycles. The lowest BCUT2D eigenvalue weighted by molar-refractivity contribution is 0.0592. The minimum Gasteiger partial charge on any atom is -0.495 e. The molecule has 1 aliphatic rings. The van der Waals surface area contributed by atoms with E-state index in [0.717, 1.165) is 41.0 Å². The van der Waals surface area contributed by atoms with E-state index in [1.165, 1.54) is 11.8 Å². The largest absolute Gasteiger partial charge is 0.495 e. The van der Waals surface area contributed by atoms with E-state index in [0.29, 0.717) is 16.5 Å². The van der Waals surface area contributed by atoms with Gasteiger partial charge in [0, 0.05) is 6.61 Å². The number of nitrogens with zero attached hydrogens (tertiary/aromatic N) is 4. The molecule has 0 amide bonds. The molecule has 26 heavy (non-hydrogen) atoms. The minimum atomic E-state index is -0.0130. The van der Waals surface area contributed by atoms with Gasteiger partial charge in [-0.3, -0.25) is 4.57 Å². The third-order valence-electron chi connectivity index (χ3n) is 4.24. The van der Waals surface area contributed by atoms with Crippen molar-refractivity contribution in [2.24, 2.45) is 0 Å². The van der Waals surface area contributed by atoms with Crippen LogP contribution in [0.4, 0.5) is 11.5 Å². The smallest absolute Gasteiger partial charge is 0.191 e. The summed E-state index contributed by atoms with van der Waals surface area (Å²) in [5.41, 5.74) is 2.34. The fourth-order valence-electron chi connectivity index (χ4n) is 2.96. The molecule has 1 unspecified atom stereocenters. The van der Waals surface area contributed by atoms with Crippen molar-refractivity contribution in [3.63, 3.8) is 0 Å². The molecule has 0 spiro atoms. The van der Waals surface area contributed by atoms with E-state index in [2.05, 4.69) is 36.2 Å². The number of hydrogen-bond acceptors (Lipinski definition) is 7. The van der Waals surface area contributed by atoms with Crippen LogP contribution in [0.25, 0.3) is 11.2 Å². The Morgan fingerprint density at radius 1 is 1.38 bits per heavy atom. The zero-order chi connectivity index (χ0) is 18.1. The number of nitrogens with one attached hydrogen (secondary N) is 1. The molecule has 4 rings (SSSR count). The predicted octanol–water partition coefficient (Wildman–Crippen LogP) is 4.37. The standard InChI is InChI=1S/C17H18BrN5O2S/c1-24-11-6-3-5-10(13(11)18)20-15-14-16(22-17(21-15)26-2)23(9-19-14)12-7-4-8-25-12/h3,5-6,9,12H,4,7-8H2,1-2H3,(H,20,21,22). The second kappa shape index (κ2) is 7.42. The van der Waals surface area contributed by atoms with Crippen molar-refractivity contribution in [3.05, 3.63) is 29.0 Å². The quantitative estimate of drug-likeness (QED) is 0.470. The van der Waals surface area contributed by atoms with Gasteiger partial charge in [0.25, 0.3) is 0 Å². The van der Waals surface area contributed by atoms with Crippen molar-refractivity contribution < 1.29 is 9.47 Å². The summed E-state index contributed by atoms with van der Waals surface area (Å²) in [6, 6.07) is 5.77. The number of fused-ring (bicyclic) bond motifs is 1. The van der Waals surface area contributed by atoms with Crippen LogP contribution in [0.5, 0.6) is 5.75 Å². The summed E-state index contributed by atoms with van der Waals surface area (Å²) in [6.45, 7) is 0.771. The van der Waals surface area contributed by atoms with Crippen molar-refractivity contribution in [1.82, 2.24) is 19.5 Å². The average Bonchev–Trinajstić information content (AvgIpc) is 3.32. The Kier molecular flexibility index (Phi) is 5.01. The zero-order valence-electron chi connectivity index (χ0n) is 14.4. The van der Waals surface area contributed by atoms with E-state index in [4.69, 9.17) is 9.47 Å². The van der Waals surface area contributed by atoms with Crippen molar-refractivity contribution in [2.45, 2.75) is 24.2 Å². The van der Waals surface area contributed by atoms with Gasteiger partial charge in [-0.05, 0) is 47.2 Å². The van der Waals surface area contributed by atoms with E-state index in [1.54, 1.807) is 13.4 Å². The maximum atomic E-state index is 5.80. The highest BCUT2D eigenvalue weighted by atomic mass is 79.9. The Hall–Kier alpha value is -1.84. The first-order valence-electron chi connectivity index (χ1n) is 8.21. The lowest BCUT2D eigenvalue weighted by atomic mass is 10.3. The van der Waals surface area contributed by atoms with Crippen LogP contribution >= 0.6 is 27.7 Å². The van der Waals surface area contributed by atoms with Gasteiger partial charge >= 0.3 is 0 Å². The molecule has 1 saturated heterocycles. The Balaban J connectivity index is 1.79. The molecule has 7 nitrogen and oxygen atoms in total. The lowest BCUT2D eigenvalue weighted by Gasteiger charge is -2.14. The molecular weight excluding hydrogens is 418 g/mol. The van der Waals surface area contributed by atoms with Crippen LogP contribution in [0.3, 0.4) is 0 Å². The summed E-state index contributed by atoms with van der Waals surface area (Å²) in [5.74, 6) is 1.40. The second-order valence-electron chi connectivity index (χ2n) is 5.80. The molecule has 3 aromatic rings. The number of halogens is 1. The van der Waals surface area contributed by atoms with Crippen LogP contribution in [0, 0.1) is 0 Å². The molecule has 1 aliphatic heterocycles. The monoisotopic (exact) mass is 435 g/mol. The second-order valence-corrected chi connectivity index (χ2v) is 7.36. The molecule has 1 N–H and O–H groups in total. The van der Waals surface area contributed by atoms with Gasteiger partial charge in [0.15, 0.2) is 22.1 Å². The molecule has 136 valence electrons. The van der Waals surface area contributed by atoms with Gasteiger partial charge in [-0.2, -0.15) is 0 Å². The average molecular weight is 436 g/mol. The number of rotatable bonds is 5. The van der Waals surface area contributed by atoms with Gasteiger partial charge in [-0.25, -0.2) is 15.0 Å². The molecule has 3 heterocycles. The van der Waals surface area contributed by atoms with E-state index >= 15 is 0 Å². The number of thioether (sulfide) groups is 1. The van der Waals surface area contributed by atoms with Crippen LogP contribution in [0.1, 0.15) is 19.1 Å². The molecule has 0 aliphatic carbocycles. The van der Waals surface area contributed by atoms with Gasteiger partial charge in [0.2, 0.25) is 0 Å². The summed E-state index contributed by atoms with van der Waals surface area (Å²) in [6.07, 6.45) is 5.74. The van der Waals surface area contributed by atoms with Gasteiger partial charge < -0.3 is 14.8 Å². The SMILES string of the molecule is COc1cccc(Nc2nc(SC)nc3c2ncn3C2CCCO2)c1Br. The van der Waals surface area contributed by atoms with Crippen molar-refractivity contribution in [1.29, 1.82) is 0 Å². The zero-order valence-corrected chi connectivity index (χ0v) is 16.8. The number of methoxy groups -OCH3 is 1. The molecule has 1 fully saturated rings. The summed E-state index contributed by atoms with van der Waals surface area (Å²) in [7, 11) is 1.64. The molecule has 2 aromatic heterocycles. The summed E-state index contributed by atoms with van der Waals surface area (Å²) >= 11 is 5.07. The van der Waals surface area contributed by atoms with Gasteiger partial charge in [-0.15, -0.1) is 0 Å². The fourth-order valence-corrected chi connectivity index (χ4v) is 3.84. The summed E-state index contributed by atoms with van der Waals surface area (Å²) in [5, 5.41) is 4.04. The lowest BCUT2D eigenvalue weighted by Crippen LogP contribution is -2.07. The molecule has 0 bridgehead atoms. The third-order valence-corrected chi connectivity index (χ3v) is 5.60. The van der Waals surface area contributed by atoms with Gasteiger partial charge in [-0.1, -0.05) is 17.8 Å². The van der Waals surface area contributed by atoms with Crippen LogP contribution in [0.15, 0.2) is 34.2 Å². The highest BCUT2D eigenvalue weighted by Gasteiger charge is 2.22. The Labute approximate surface area is 163 Å². The summed E-state index contributed by atoms with van der Waals surface area (Å²) < 4.78 is 14.0. The van der Waals surface area contributed by atoms with E-state index in [1.807, 2.05) is 29.0 Å². The summed E-state index contributed by atoms with van der Waals surface area (Å²) in [4.78, 5) is 13.8. The Morgan fingerprint density at radius 3 is 3.00 bits per heavy atom. The van der Waals surface area contributed by atoms with Crippen molar-refractivity contribution in [3.8, 4) is 5.75 Å². The van der Waals surface area contributed by atoms with Gasteiger partial charge in [0.1, 0.15) is 12.0 Å². The minimum absolute atomic E-state index is 0.0130. The number of aromatic nitrogens is 4. The molecular formula is C17H18BrN5O2S. The van der Waals surface area contributed by atoms with Crippen LogP contribution in [-0.4, -0.2) is 39.5 Å². The number of benzene rings is 1. The first-order chi connectivity index (χ1) is 12.7. The van der Waals surface area contributed by atoms with Crippen LogP contribution in [-0.2, 0) is 4.74 Å². The normalized spacial score (nSPS) is 17.0. The first kappa shape index (κ1) is 17.6. The van der Waals surface area contributed by atoms with Crippen LogP contribution < -0.4 is 10.1 Å². The molecule has 1 atom stereocenters. The molecule has 0 radical (unpaired) electrons. The Morgan fingerprint density at radius 2 is 2.27 bits per heavy atom. The topological polar surface area (TPSA) is 74.1 Å². The Bertz CT molecular complexity index is 942. The van der Waals surface area contributed by atoms with E-state index < -0.39 is 0 Å². The molecule has 0 saturated carbocycles. The number of anilines is 2. The predicted molar refractivity (Wildman–Crippen MR) is 105 cm³/mol. The highest BCUT2D eigenvalue weighted by molar-refractivity contribution is 9.10. The number of hydrogen-bond donors (Lipinski definition) is 1. The van der Waals surface area contributed by atoms with Crippen molar-refractivity contribution >= 4 is 50.4 Å². The number of ether oxygens (including phenoxy) is 2. The van der Waals surface area contributed by atoms with E-state index in [-0.39, 0.29) is 6.23 Å². The number of imidazole rings is 1. The maximum Gasteiger partial charge on any atom is 0.191 e. The van der Waals surface area contributed by atoms with E-state index in [9.17, 15) is 0 Å². The first-order valence-corrected chi connectivity index (χ1v) is 10.2. The fraction of sp³-hybridized carbons (Fsp3) is 0.353. The van der Waals surface area contributed by atoms with Crippen LogP contribution in [0.2, 0.25) is 0 Å². The van der Waals surface area contributed by atoms with Crippen molar-refractivity contribution in [2.75, 3.05) is 25.3 Å². The molecule has 9 heteroatoms. The highest BCUT2D eigenvalue weighted by Crippen LogP contribution is 2.36. The maximum absolute atomic E-state index is 5.80. The van der Waals surface area contributed by atoms with Gasteiger partial charge in [0.05, 0.1) is 23.6 Å².